The van der Waals surface area contributed by atoms with Crippen molar-refractivity contribution in [3.8, 4) is 0 Å². The number of benzene rings is 1. The molecule has 20 nitrogen and oxygen atoms in total. The number of primary amides is 1. The van der Waals surface area contributed by atoms with E-state index < -0.39 is 109 Å². The van der Waals surface area contributed by atoms with E-state index in [1.54, 1.807) is 30.5 Å². The van der Waals surface area contributed by atoms with Crippen LogP contribution in [-0.2, 0) is 44.8 Å². The maximum atomic E-state index is 13.5. The van der Waals surface area contributed by atoms with Crippen LogP contribution >= 0.6 is 0 Å². The number of carboxylic acid groups (broad SMARTS) is 2. The first kappa shape index (κ1) is 44.6. The molecule has 1 aromatic carbocycles. The van der Waals surface area contributed by atoms with Crippen LogP contribution in [0.4, 0.5) is 0 Å². The van der Waals surface area contributed by atoms with Crippen molar-refractivity contribution >= 4 is 58.3 Å². The molecule has 298 valence electrons. The van der Waals surface area contributed by atoms with Crippen molar-refractivity contribution in [3.05, 3.63) is 36.0 Å². The molecule has 0 bridgehead atoms. The molecule has 0 saturated carbocycles. The maximum absolute atomic E-state index is 13.5. The molecule has 1 heterocycles. The third-order valence-corrected chi connectivity index (χ3v) is 8.43. The number of hydrogen-bond donors (Lipinski definition) is 12. The Kier molecular flexibility index (Phi) is 18.0. The summed E-state index contributed by atoms with van der Waals surface area (Å²) in [5.41, 5.74) is 17.9. The van der Waals surface area contributed by atoms with Crippen molar-refractivity contribution < 1.29 is 53.7 Å². The first-order valence-electron chi connectivity index (χ1n) is 17.4. The van der Waals surface area contributed by atoms with E-state index in [1.807, 2.05) is 0 Å². The number of aliphatic carboxylic acids is 2. The lowest BCUT2D eigenvalue weighted by Gasteiger charge is -2.27. The molecule has 20 heteroatoms. The van der Waals surface area contributed by atoms with Crippen LogP contribution in [0.1, 0.15) is 64.4 Å². The standard InChI is InChI=1S/C34H51N9O11/c1-17(39-30(49)21(36)8-5-6-14-35)29(48)40-23(10-12-26(37)45)31(50)41-24(11-13-27(46)47)32(51)43-28(18(2)44)33(52)42-25(34(53)54)15-19-16-38-22-9-4-3-7-20(19)22/h3-4,7,9,16-18,21,23-25,28,38,44H,5-6,8,10-15,35-36H2,1-2H3,(H2,37,45)(H,39,49)(H,40,48)(H,41,50)(H,42,52)(H,43,51)(H,46,47)(H,53,54)/t17-,18+,21-,23-,24-,25-,28-/m0/s1. The minimum atomic E-state index is -1.76. The Morgan fingerprint density at radius 1 is 0.741 bits per heavy atom. The van der Waals surface area contributed by atoms with Crippen LogP contribution in [0, 0.1) is 0 Å². The SMILES string of the molecule is C[C@H](NC(=O)[C@@H](N)CCCCN)C(=O)N[C@@H](CCC(N)=O)C(=O)N[C@@H](CCC(=O)O)C(=O)N[C@H](C(=O)N[C@@H](Cc1c[nH]c2ccccc12)C(=O)O)[C@@H](C)O. The summed E-state index contributed by atoms with van der Waals surface area (Å²) in [5, 5.41) is 42.0. The van der Waals surface area contributed by atoms with Gasteiger partial charge in [-0.3, -0.25) is 33.6 Å². The molecular formula is C34H51N9O11. The van der Waals surface area contributed by atoms with Gasteiger partial charge >= 0.3 is 11.9 Å². The van der Waals surface area contributed by atoms with Crippen molar-refractivity contribution in [2.75, 3.05) is 6.54 Å². The van der Waals surface area contributed by atoms with Gasteiger partial charge in [0.1, 0.15) is 30.2 Å². The molecule has 0 aliphatic rings. The fraction of sp³-hybridized carbons (Fsp3) is 0.529. The Labute approximate surface area is 310 Å². The van der Waals surface area contributed by atoms with Gasteiger partial charge in [0.2, 0.25) is 35.4 Å². The number of hydrogen-bond acceptors (Lipinski definition) is 11. The summed E-state index contributed by atoms with van der Waals surface area (Å²) in [6, 6.07) is -1.49. The molecule has 0 aliphatic heterocycles. The van der Waals surface area contributed by atoms with Gasteiger partial charge < -0.3 is 64.1 Å². The van der Waals surface area contributed by atoms with Crippen LogP contribution in [0.25, 0.3) is 10.9 Å². The quantitative estimate of drug-likeness (QED) is 0.0482. The second kappa shape index (κ2) is 21.8. The lowest BCUT2D eigenvalue weighted by Crippen LogP contribution is -2.61. The molecule has 54 heavy (non-hydrogen) atoms. The third-order valence-electron chi connectivity index (χ3n) is 8.43. The summed E-state index contributed by atoms with van der Waals surface area (Å²) in [6.07, 6.45) is -0.565. The van der Waals surface area contributed by atoms with E-state index in [1.165, 1.54) is 6.92 Å². The number of carboxylic acids is 2. The number of aromatic amines is 1. The van der Waals surface area contributed by atoms with Gasteiger partial charge in [0.15, 0.2) is 0 Å². The Morgan fingerprint density at radius 3 is 1.93 bits per heavy atom. The minimum absolute atomic E-state index is 0.162. The summed E-state index contributed by atoms with van der Waals surface area (Å²) in [6.45, 7) is 2.88. The highest BCUT2D eigenvalue weighted by Gasteiger charge is 2.34. The van der Waals surface area contributed by atoms with Gasteiger partial charge in [-0.1, -0.05) is 24.6 Å². The summed E-state index contributed by atoms with van der Waals surface area (Å²) in [4.78, 5) is 104. The molecule has 0 unspecified atom stereocenters. The zero-order valence-electron chi connectivity index (χ0n) is 30.1. The molecule has 6 amide bonds. The van der Waals surface area contributed by atoms with E-state index in [0.717, 1.165) is 17.8 Å². The smallest absolute Gasteiger partial charge is 0.326 e. The number of carbonyl (C=O) groups excluding carboxylic acids is 6. The first-order chi connectivity index (χ1) is 25.4. The first-order valence-corrected chi connectivity index (χ1v) is 17.4. The van der Waals surface area contributed by atoms with Crippen LogP contribution in [-0.4, -0.2) is 117 Å². The topological polar surface area (TPSA) is 351 Å². The number of unbranched alkanes of at least 4 members (excludes halogenated alkanes) is 1. The monoisotopic (exact) mass is 761 g/mol. The maximum Gasteiger partial charge on any atom is 0.326 e. The van der Waals surface area contributed by atoms with Gasteiger partial charge in [-0.25, -0.2) is 4.79 Å². The highest BCUT2D eigenvalue weighted by Crippen LogP contribution is 2.19. The van der Waals surface area contributed by atoms with Crippen molar-refractivity contribution in [2.45, 2.75) is 108 Å². The Morgan fingerprint density at radius 2 is 1.33 bits per heavy atom. The Bertz CT molecular complexity index is 1650. The second-order valence-electron chi connectivity index (χ2n) is 12.9. The fourth-order valence-corrected chi connectivity index (χ4v) is 5.33. The second-order valence-corrected chi connectivity index (χ2v) is 12.9. The molecule has 2 aromatic rings. The molecule has 0 radical (unpaired) electrons. The molecular weight excluding hydrogens is 710 g/mol. The number of aliphatic hydroxyl groups excluding tert-OH is 1. The summed E-state index contributed by atoms with van der Waals surface area (Å²) >= 11 is 0. The van der Waals surface area contributed by atoms with Crippen LogP contribution in [0.5, 0.6) is 0 Å². The van der Waals surface area contributed by atoms with Crippen LogP contribution in [0.15, 0.2) is 30.5 Å². The summed E-state index contributed by atoms with van der Waals surface area (Å²) in [5.74, 6) is -8.34. The van der Waals surface area contributed by atoms with E-state index in [0.29, 0.717) is 31.4 Å². The van der Waals surface area contributed by atoms with Crippen molar-refractivity contribution in [1.29, 1.82) is 0 Å². The average molecular weight is 762 g/mol. The van der Waals surface area contributed by atoms with Gasteiger partial charge in [-0.15, -0.1) is 0 Å². The lowest BCUT2D eigenvalue weighted by molar-refractivity contribution is -0.143. The minimum Gasteiger partial charge on any atom is -0.481 e. The predicted octanol–water partition coefficient (Wildman–Crippen LogP) is -2.79. The summed E-state index contributed by atoms with van der Waals surface area (Å²) in [7, 11) is 0. The predicted molar refractivity (Wildman–Crippen MR) is 193 cm³/mol. The van der Waals surface area contributed by atoms with E-state index >= 15 is 0 Å². The average Bonchev–Trinajstić information content (AvgIpc) is 3.52. The fourth-order valence-electron chi connectivity index (χ4n) is 5.33. The highest BCUT2D eigenvalue weighted by atomic mass is 16.4. The van der Waals surface area contributed by atoms with Gasteiger partial charge in [-0.2, -0.15) is 0 Å². The van der Waals surface area contributed by atoms with Crippen LogP contribution in [0.3, 0.4) is 0 Å². The van der Waals surface area contributed by atoms with E-state index in [-0.39, 0.29) is 12.8 Å². The molecule has 7 atom stereocenters. The number of nitrogens with two attached hydrogens (primary N) is 3. The Hall–Kier alpha value is -5.60. The number of rotatable bonds is 24. The molecule has 0 saturated heterocycles. The van der Waals surface area contributed by atoms with Crippen molar-refractivity contribution in [3.63, 3.8) is 0 Å². The van der Waals surface area contributed by atoms with Crippen molar-refractivity contribution in [2.24, 2.45) is 17.2 Å². The Balaban J connectivity index is 2.21. The third kappa shape index (κ3) is 14.4. The zero-order chi connectivity index (χ0) is 40.5. The normalized spacial score (nSPS) is 15.0. The number of aliphatic hydroxyl groups is 1. The molecule has 0 fully saturated rings. The van der Waals surface area contributed by atoms with Gasteiger partial charge in [-0.05, 0) is 57.7 Å². The highest BCUT2D eigenvalue weighted by molar-refractivity contribution is 5.97. The molecule has 0 aliphatic carbocycles. The number of nitrogens with one attached hydrogen (secondary N) is 6. The number of amides is 6. The van der Waals surface area contributed by atoms with E-state index in [4.69, 9.17) is 17.2 Å². The number of carbonyl (C=O) groups is 8. The largest absolute Gasteiger partial charge is 0.481 e. The zero-order valence-corrected chi connectivity index (χ0v) is 30.1. The molecule has 2 rings (SSSR count). The number of aromatic nitrogens is 1. The van der Waals surface area contributed by atoms with Gasteiger partial charge in [0.25, 0.3) is 0 Å². The number of H-pyrrole nitrogens is 1. The van der Waals surface area contributed by atoms with Crippen LogP contribution in [0.2, 0.25) is 0 Å². The van der Waals surface area contributed by atoms with Gasteiger partial charge in [0.05, 0.1) is 12.1 Å². The lowest BCUT2D eigenvalue weighted by atomic mass is 10.0. The van der Waals surface area contributed by atoms with Crippen molar-refractivity contribution in [1.82, 2.24) is 31.6 Å². The number of para-hydroxylation sites is 1. The van der Waals surface area contributed by atoms with E-state index in [2.05, 4.69) is 31.6 Å². The van der Waals surface area contributed by atoms with Gasteiger partial charge in [0, 0.05) is 36.4 Å². The molecule has 0 spiro atoms. The molecule has 15 N–H and O–H groups in total. The number of fused-ring (bicyclic) bond motifs is 1. The van der Waals surface area contributed by atoms with Crippen LogP contribution < -0.4 is 43.8 Å². The molecule has 1 aromatic heterocycles. The summed E-state index contributed by atoms with van der Waals surface area (Å²) < 4.78 is 0. The van der Waals surface area contributed by atoms with E-state index in [9.17, 15) is 53.7 Å².